The highest BCUT2D eigenvalue weighted by Gasteiger charge is 2.44. The lowest BCUT2D eigenvalue weighted by Gasteiger charge is -2.42. The van der Waals surface area contributed by atoms with Gasteiger partial charge in [0.2, 0.25) is 12.0 Å². The molecule has 26 heavy (non-hydrogen) atoms. The summed E-state index contributed by atoms with van der Waals surface area (Å²) in [6.07, 6.45) is -1.34. The topological polar surface area (TPSA) is 105 Å². The summed E-state index contributed by atoms with van der Waals surface area (Å²) in [6.45, 7) is 8.67. The zero-order valence-corrected chi connectivity index (χ0v) is 15.4. The first-order valence-electron chi connectivity index (χ1n) is 8.39. The van der Waals surface area contributed by atoms with Crippen molar-refractivity contribution in [1.29, 1.82) is 0 Å². The summed E-state index contributed by atoms with van der Waals surface area (Å²) in [6, 6.07) is 2.64. The summed E-state index contributed by atoms with van der Waals surface area (Å²) in [5, 5.41) is 11.4. The molecule has 0 spiro atoms. The minimum atomic E-state index is -0.986. The number of esters is 1. The summed E-state index contributed by atoms with van der Waals surface area (Å²) in [7, 11) is 0. The van der Waals surface area contributed by atoms with Crippen molar-refractivity contribution in [1.82, 2.24) is 0 Å². The molecule has 5 unspecified atom stereocenters. The second-order valence-corrected chi connectivity index (χ2v) is 6.68. The van der Waals surface area contributed by atoms with E-state index in [0.29, 0.717) is 11.8 Å². The first kappa shape index (κ1) is 19.8. The van der Waals surface area contributed by atoms with Gasteiger partial charge in [0.15, 0.2) is 6.10 Å². The van der Waals surface area contributed by atoms with Gasteiger partial charge in [0.05, 0.1) is 11.0 Å². The van der Waals surface area contributed by atoms with Crippen LogP contribution in [0.3, 0.4) is 0 Å². The third kappa shape index (κ3) is 4.01. The van der Waals surface area contributed by atoms with Gasteiger partial charge < -0.3 is 14.2 Å². The van der Waals surface area contributed by atoms with Crippen LogP contribution in [0.2, 0.25) is 0 Å². The van der Waals surface area contributed by atoms with Crippen molar-refractivity contribution in [2.45, 2.75) is 53.1 Å². The highest BCUT2D eigenvalue weighted by atomic mass is 16.7. The third-order valence-electron chi connectivity index (χ3n) is 4.85. The maximum absolute atomic E-state index is 11.5. The van der Waals surface area contributed by atoms with Crippen LogP contribution in [0.15, 0.2) is 12.1 Å². The molecule has 0 aromatic heterocycles. The number of nitro groups is 1. The SMILES string of the molecule is CC(=O)OC1C(Oc2c(C)cc(C=O)cc2[N+](=O)[O-])OC(C)C(C)C1C. The molecule has 142 valence electrons. The molecule has 0 aliphatic carbocycles. The van der Waals surface area contributed by atoms with Gasteiger partial charge in [-0.2, -0.15) is 0 Å². The largest absolute Gasteiger partial charge is 0.456 e. The molecule has 8 nitrogen and oxygen atoms in total. The predicted molar refractivity (Wildman–Crippen MR) is 92.1 cm³/mol. The van der Waals surface area contributed by atoms with Gasteiger partial charge in [-0.05, 0) is 31.4 Å². The van der Waals surface area contributed by atoms with Crippen molar-refractivity contribution in [3.63, 3.8) is 0 Å². The second-order valence-electron chi connectivity index (χ2n) is 6.68. The van der Waals surface area contributed by atoms with E-state index in [2.05, 4.69) is 0 Å². The maximum atomic E-state index is 11.5. The Labute approximate surface area is 151 Å². The molecule has 1 heterocycles. The number of carbonyl (C=O) groups is 2. The molecule has 1 aromatic carbocycles. The molecular weight excluding hydrogens is 342 g/mol. The van der Waals surface area contributed by atoms with Gasteiger partial charge in [0.25, 0.3) is 0 Å². The lowest BCUT2D eigenvalue weighted by molar-refractivity contribution is -0.387. The van der Waals surface area contributed by atoms with E-state index >= 15 is 0 Å². The number of carbonyl (C=O) groups excluding carboxylic acids is 2. The summed E-state index contributed by atoms with van der Waals surface area (Å²) in [5.74, 6) is -0.450. The molecule has 0 bridgehead atoms. The van der Waals surface area contributed by atoms with Crippen LogP contribution in [0.5, 0.6) is 5.75 Å². The number of nitro benzene ring substituents is 1. The van der Waals surface area contributed by atoms with E-state index in [-0.39, 0.29) is 34.9 Å². The van der Waals surface area contributed by atoms with Gasteiger partial charge in [-0.25, -0.2) is 0 Å². The van der Waals surface area contributed by atoms with Crippen LogP contribution in [-0.2, 0) is 14.3 Å². The van der Waals surface area contributed by atoms with Crippen LogP contribution in [0, 0.1) is 28.9 Å². The van der Waals surface area contributed by atoms with Gasteiger partial charge in [0.1, 0.15) is 6.29 Å². The number of benzene rings is 1. The maximum Gasteiger partial charge on any atom is 0.312 e. The van der Waals surface area contributed by atoms with Crippen molar-refractivity contribution >= 4 is 17.9 Å². The van der Waals surface area contributed by atoms with Crippen LogP contribution >= 0.6 is 0 Å². The average molecular weight is 365 g/mol. The van der Waals surface area contributed by atoms with Crippen LogP contribution in [0.4, 0.5) is 5.69 Å². The van der Waals surface area contributed by atoms with Crippen LogP contribution in [0.25, 0.3) is 0 Å². The molecule has 1 aliphatic rings. The zero-order valence-electron chi connectivity index (χ0n) is 15.4. The standard InChI is InChI=1S/C18H23NO7/c1-9-6-14(8-20)7-15(19(22)23)16(9)26-18-17(25-13(5)21)11(3)10(2)12(4)24-18/h6-8,10-12,17-18H,1-5H3. The molecule has 1 fully saturated rings. The number of hydrogen-bond acceptors (Lipinski definition) is 7. The van der Waals surface area contributed by atoms with E-state index in [1.54, 1.807) is 6.92 Å². The van der Waals surface area contributed by atoms with E-state index < -0.39 is 23.3 Å². The van der Waals surface area contributed by atoms with Gasteiger partial charge in [-0.15, -0.1) is 0 Å². The molecule has 5 atom stereocenters. The summed E-state index contributed by atoms with van der Waals surface area (Å²) < 4.78 is 17.0. The predicted octanol–water partition coefficient (Wildman–Crippen LogP) is 3.04. The molecule has 1 saturated heterocycles. The average Bonchev–Trinajstić information content (AvgIpc) is 2.57. The number of rotatable bonds is 5. The fourth-order valence-corrected chi connectivity index (χ4v) is 3.09. The Morgan fingerprint density at radius 1 is 1.27 bits per heavy atom. The molecular formula is C18H23NO7. The smallest absolute Gasteiger partial charge is 0.312 e. The van der Waals surface area contributed by atoms with Gasteiger partial charge >= 0.3 is 11.7 Å². The Hall–Kier alpha value is -2.48. The third-order valence-corrected chi connectivity index (χ3v) is 4.85. The van der Waals surface area contributed by atoms with E-state index in [0.717, 1.165) is 6.07 Å². The van der Waals surface area contributed by atoms with E-state index in [4.69, 9.17) is 14.2 Å². The highest BCUT2D eigenvalue weighted by Crippen LogP contribution is 2.38. The monoisotopic (exact) mass is 365 g/mol. The fraction of sp³-hybridized carbons (Fsp3) is 0.556. The molecule has 0 radical (unpaired) electrons. The van der Waals surface area contributed by atoms with Crippen molar-refractivity contribution in [2.24, 2.45) is 11.8 Å². The van der Waals surface area contributed by atoms with Crippen LogP contribution < -0.4 is 4.74 Å². The first-order chi connectivity index (χ1) is 12.1. The zero-order chi connectivity index (χ0) is 19.6. The normalized spacial score (nSPS) is 28.3. The lowest BCUT2D eigenvalue weighted by atomic mass is 9.84. The minimum absolute atomic E-state index is 0.00305. The van der Waals surface area contributed by atoms with Crippen molar-refractivity contribution in [3.05, 3.63) is 33.4 Å². The minimum Gasteiger partial charge on any atom is -0.456 e. The van der Waals surface area contributed by atoms with Crippen molar-refractivity contribution in [2.75, 3.05) is 0 Å². The van der Waals surface area contributed by atoms with E-state index in [1.165, 1.54) is 13.0 Å². The number of nitrogens with zero attached hydrogens (tertiary/aromatic N) is 1. The second kappa shape index (κ2) is 7.82. The fourth-order valence-electron chi connectivity index (χ4n) is 3.09. The number of aryl methyl sites for hydroxylation is 1. The molecule has 2 rings (SSSR count). The quantitative estimate of drug-likeness (QED) is 0.342. The first-order valence-corrected chi connectivity index (χ1v) is 8.39. The molecule has 1 aromatic rings. The summed E-state index contributed by atoms with van der Waals surface area (Å²) in [4.78, 5) is 33.3. The number of hydrogen-bond donors (Lipinski definition) is 0. The number of aldehydes is 1. The Kier molecular flexibility index (Phi) is 5.97. The molecule has 0 N–H and O–H groups in total. The molecule has 0 saturated carbocycles. The molecule has 8 heteroatoms. The Morgan fingerprint density at radius 3 is 2.46 bits per heavy atom. The van der Waals surface area contributed by atoms with Gasteiger partial charge in [-0.1, -0.05) is 13.8 Å². The Balaban J connectivity index is 2.42. The van der Waals surface area contributed by atoms with E-state index in [9.17, 15) is 19.7 Å². The van der Waals surface area contributed by atoms with Crippen LogP contribution in [0.1, 0.15) is 43.6 Å². The van der Waals surface area contributed by atoms with E-state index in [1.807, 2.05) is 20.8 Å². The summed E-state index contributed by atoms with van der Waals surface area (Å²) in [5.41, 5.74) is 0.264. The lowest BCUT2D eigenvalue weighted by Crippen LogP contribution is -2.52. The molecule has 1 aliphatic heterocycles. The van der Waals surface area contributed by atoms with Gasteiger partial charge in [0, 0.05) is 24.5 Å². The Morgan fingerprint density at radius 2 is 1.92 bits per heavy atom. The van der Waals surface area contributed by atoms with Crippen molar-refractivity contribution < 1.29 is 28.7 Å². The van der Waals surface area contributed by atoms with Gasteiger partial charge in [-0.3, -0.25) is 19.7 Å². The Bertz CT molecular complexity index is 718. The van der Waals surface area contributed by atoms with Crippen molar-refractivity contribution in [3.8, 4) is 5.75 Å². The number of ether oxygens (including phenoxy) is 3. The molecule has 0 amide bonds. The highest BCUT2D eigenvalue weighted by molar-refractivity contribution is 5.78. The summed E-state index contributed by atoms with van der Waals surface area (Å²) >= 11 is 0. The van der Waals surface area contributed by atoms with Crippen LogP contribution in [-0.4, -0.2) is 35.7 Å².